The zero-order valence-electron chi connectivity index (χ0n) is 9.51. The third kappa shape index (κ3) is 1.84. The molecule has 0 bridgehead atoms. The van der Waals surface area contributed by atoms with Crippen LogP contribution in [-0.2, 0) is 19.0 Å². The lowest BCUT2D eigenvalue weighted by atomic mass is 9.95. The molecule has 88 valence electrons. The molecule has 0 aromatic heterocycles. The van der Waals surface area contributed by atoms with E-state index in [1.165, 1.54) is 0 Å². The number of ketones is 1. The predicted molar refractivity (Wildman–Crippen MR) is 57.9 cm³/mol. The molecule has 2 unspecified atom stereocenters. The van der Waals surface area contributed by atoms with Gasteiger partial charge in [-0.05, 0) is 19.9 Å². The van der Waals surface area contributed by atoms with Gasteiger partial charge in [-0.15, -0.1) is 0 Å². The molecule has 0 saturated carbocycles. The third-order valence-corrected chi connectivity index (χ3v) is 2.66. The largest absolute Gasteiger partial charge is 0.349 e. The third-order valence-electron chi connectivity index (χ3n) is 2.66. The number of hydrogen-bond donors (Lipinski definition) is 0. The van der Waals surface area contributed by atoms with Gasteiger partial charge in [0.2, 0.25) is 12.1 Å². The fourth-order valence-electron chi connectivity index (χ4n) is 1.82. The van der Waals surface area contributed by atoms with Crippen molar-refractivity contribution in [1.29, 1.82) is 0 Å². The van der Waals surface area contributed by atoms with E-state index in [0.29, 0.717) is 13.2 Å². The Balaban J connectivity index is 2.06. The van der Waals surface area contributed by atoms with Crippen molar-refractivity contribution in [2.45, 2.75) is 31.8 Å². The molecule has 0 radical (unpaired) electrons. The normalized spacial score (nSPS) is 30.6. The minimum Gasteiger partial charge on any atom is -0.349 e. The first kappa shape index (κ1) is 11.5. The zero-order valence-corrected chi connectivity index (χ0v) is 9.51. The lowest BCUT2D eigenvalue weighted by Crippen LogP contribution is -2.39. The average Bonchev–Trinajstić information content (AvgIpc) is 3.03. The fourth-order valence-corrected chi connectivity index (χ4v) is 1.82. The van der Waals surface area contributed by atoms with E-state index in [4.69, 9.17) is 14.2 Å². The van der Waals surface area contributed by atoms with Gasteiger partial charge < -0.3 is 14.2 Å². The fraction of sp³-hybridized carbons (Fsp3) is 0.583. The summed E-state index contributed by atoms with van der Waals surface area (Å²) < 4.78 is 16.0. The Morgan fingerprint density at radius 3 is 2.62 bits per heavy atom. The molecule has 1 aliphatic heterocycles. The molecule has 1 heterocycles. The summed E-state index contributed by atoms with van der Waals surface area (Å²) in [5.74, 6) is -0.151. The second-order valence-corrected chi connectivity index (χ2v) is 3.68. The van der Waals surface area contributed by atoms with Crippen LogP contribution in [-0.4, -0.2) is 37.0 Å². The Bertz CT molecular complexity index is 328. The Morgan fingerprint density at radius 2 is 2.06 bits per heavy atom. The number of rotatable bonds is 6. The Hall–Kier alpha value is -0.970. The summed E-state index contributed by atoms with van der Waals surface area (Å²) in [6, 6.07) is 0. The van der Waals surface area contributed by atoms with Crippen LogP contribution in [0.3, 0.4) is 0 Å². The van der Waals surface area contributed by atoms with Crippen molar-refractivity contribution in [3.8, 4) is 0 Å². The maximum atomic E-state index is 12.2. The number of hydrogen-bond acceptors (Lipinski definition) is 4. The van der Waals surface area contributed by atoms with Gasteiger partial charge in [-0.2, -0.15) is 0 Å². The minimum atomic E-state index is -0.830. The quantitative estimate of drug-likeness (QED) is 0.502. The SMILES string of the molecule is CCOC(OCC)C(=O)C12C=CC=CC1O2. The van der Waals surface area contributed by atoms with Crippen LogP contribution in [0.4, 0.5) is 0 Å². The summed E-state index contributed by atoms with van der Waals surface area (Å²) in [6.45, 7) is 4.55. The van der Waals surface area contributed by atoms with Crippen molar-refractivity contribution in [2.75, 3.05) is 13.2 Å². The standard InChI is InChI=1S/C12H16O4/c1-3-14-11(15-4-2)10(13)12-8-6-5-7-9(12)16-12/h5-9,11H,3-4H2,1-2H3. The summed E-state index contributed by atoms with van der Waals surface area (Å²) in [5, 5.41) is 0. The average molecular weight is 224 g/mol. The Kier molecular flexibility index (Phi) is 3.23. The van der Waals surface area contributed by atoms with Crippen LogP contribution >= 0.6 is 0 Å². The first-order valence-corrected chi connectivity index (χ1v) is 5.56. The van der Waals surface area contributed by atoms with Crippen molar-refractivity contribution in [2.24, 2.45) is 0 Å². The Morgan fingerprint density at radius 1 is 1.38 bits per heavy atom. The van der Waals surface area contributed by atoms with Gasteiger partial charge in [0.05, 0.1) is 0 Å². The molecule has 2 aliphatic rings. The molecule has 16 heavy (non-hydrogen) atoms. The monoisotopic (exact) mass is 224 g/mol. The lowest BCUT2D eigenvalue weighted by Gasteiger charge is -2.18. The Labute approximate surface area is 94.9 Å². The molecule has 4 nitrogen and oxygen atoms in total. The maximum Gasteiger partial charge on any atom is 0.227 e. The molecule has 0 N–H and O–H groups in total. The minimum absolute atomic E-state index is 0.145. The molecule has 2 atom stereocenters. The van der Waals surface area contributed by atoms with Crippen molar-refractivity contribution < 1.29 is 19.0 Å². The molecule has 0 amide bonds. The van der Waals surface area contributed by atoms with Crippen LogP contribution in [0, 0.1) is 0 Å². The smallest absolute Gasteiger partial charge is 0.227 e. The molecule has 4 heteroatoms. The molecule has 1 aliphatic carbocycles. The van der Waals surface area contributed by atoms with E-state index in [1.807, 2.05) is 32.1 Å². The molecule has 0 aromatic carbocycles. The molecule has 0 aromatic rings. The summed E-state index contributed by atoms with van der Waals surface area (Å²) in [4.78, 5) is 12.2. The van der Waals surface area contributed by atoms with E-state index >= 15 is 0 Å². The van der Waals surface area contributed by atoms with E-state index in [0.717, 1.165) is 0 Å². The van der Waals surface area contributed by atoms with E-state index in [1.54, 1.807) is 6.08 Å². The van der Waals surface area contributed by atoms with Gasteiger partial charge >= 0.3 is 0 Å². The second-order valence-electron chi connectivity index (χ2n) is 3.68. The van der Waals surface area contributed by atoms with Crippen molar-refractivity contribution in [1.82, 2.24) is 0 Å². The number of Topliss-reactive ketones (excluding diaryl/α,β-unsaturated/α-hetero) is 1. The van der Waals surface area contributed by atoms with E-state index in [-0.39, 0.29) is 11.9 Å². The van der Waals surface area contributed by atoms with Gasteiger partial charge in [-0.3, -0.25) is 4.79 Å². The summed E-state index contributed by atoms with van der Waals surface area (Å²) >= 11 is 0. The van der Waals surface area contributed by atoms with Gasteiger partial charge in [0, 0.05) is 13.2 Å². The maximum absolute atomic E-state index is 12.2. The summed E-state index contributed by atoms with van der Waals surface area (Å²) in [5.41, 5.74) is -0.830. The molecular weight excluding hydrogens is 208 g/mol. The van der Waals surface area contributed by atoms with Crippen LogP contribution in [0.15, 0.2) is 24.3 Å². The van der Waals surface area contributed by atoms with Gasteiger partial charge in [-0.25, -0.2) is 0 Å². The molecule has 2 rings (SSSR count). The van der Waals surface area contributed by atoms with E-state index in [2.05, 4.69) is 0 Å². The van der Waals surface area contributed by atoms with Gasteiger partial charge in [0.15, 0.2) is 5.60 Å². The summed E-state index contributed by atoms with van der Waals surface area (Å²) in [6.07, 6.45) is 6.36. The van der Waals surface area contributed by atoms with Crippen LogP contribution in [0.2, 0.25) is 0 Å². The van der Waals surface area contributed by atoms with Crippen molar-refractivity contribution in [3.63, 3.8) is 0 Å². The number of fused-ring (bicyclic) bond motifs is 1. The number of ether oxygens (including phenoxy) is 3. The zero-order chi connectivity index (χ0) is 11.6. The first-order valence-electron chi connectivity index (χ1n) is 5.56. The molecule has 1 saturated heterocycles. The van der Waals surface area contributed by atoms with Crippen LogP contribution in [0.5, 0.6) is 0 Å². The highest BCUT2D eigenvalue weighted by Crippen LogP contribution is 2.43. The van der Waals surface area contributed by atoms with Gasteiger partial charge in [0.1, 0.15) is 6.10 Å². The van der Waals surface area contributed by atoms with Crippen molar-refractivity contribution in [3.05, 3.63) is 24.3 Å². The highest BCUT2D eigenvalue weighted by atomic mass is 16.7. The highest BCUT2D eigenvalue weighted by molar-refractivity contribution is 5.96. The van der Waals surface area contributed by atoms with Gasteiger partial charge in [0.25, 0.3) is 0 Å². The van der Waals surface area contributed by atoms with Gasteiger partial charge in [-0.1, -0.05) is 18.2 Å². The number of allylic oxidation sites excluding steroid dienone is 2. The number of carbonyl (C=O) groups excluding carboxylic acids is 1. The highest BCUT2D eigenvalue weighted by Gasteiger charge is 2.62. The van der Waals surface area contributed by atoms with E-state index in [9.17, 15) is 4.79 Å². The molecular formula is C12H16O4. The van der Waals surface area contributed by atoms with Crippen LogP contribution < -0.4 is 0 Å². The number of carbonyl (C=O) groups is 1. The second kappa shape index (κ2) is 4.49. The summed E-state index contributed by atoms with van der Waals surface area (Å²) in [7, 11) is 0. The van der Waals surface area contributed by atoms with Crippen LogP contribution in [0.1, 0.15) is 13.8 Å². The van der Waals surface area contributed by atoms with Crippen LogP contribution in [0.25, 0.3) is 0 Å². The predicted octanol–water partition coefficient (Wildman–Crippen LogP) is 1.22. The molecule has 0 spiro atoms. The number of epoxide rings is 1. The first-order chi connectivity index (χ1) is 7.74. The topological polar surface area (TPSA) is 48.1 Å². The molecule has 1 fully saturated rings. The van der Waals surface area contributed by atoms with Crippen molar-refractivity contribution >= 4 is 5.78 Å². The van der Waals surface area contributed by atoms with E-state index < -0.39 is 11.9 Å². The lowest BCUT2D eigenvalue weighted by molar-refractivity contribution is -0.171.